The van der Waals surface area contributed by atoms with Crippen LogP contribution in [-0.2, 0) is 12.6 Å². The van der Waals surface area contributed by atoms with Crippen LogP contribution in [0.5, 0.6) is 0 Å². The van der Waals surface area contributed by atoms with Gasteiger partial charge in [-0.15, -0.1) is 0 Å². The highest BCUT2D eigenvalue weighted by atomic mass is 19.4. The maximum Gasteiger partial charge on any atom is 0.417 e. The highest BCUT2D eigenvalue weighted by Gasteiger charge is 2.37. The zero-order valence-electron chi connectivity index (χ0n) is 20.1. The maximum atomic E-state index is 13.9. The summed E-state index contributed by atoms with van der Waals surface area (Å²) in [7, 11) is 0. The summed E-state index contributed by atoms with van der Waals surface area (Å²) in [6.45, 7) is 1.44. The van der Waals surface area contributed by atoms with Gasteiger partial charge in [-0.25, -0.2) is 9.97 Å². The Balaban J connectivity index is 1.24. The average Bonchev–Trinajstić information content (AvgIpc) is 3.40. The summed E-state index contributed by atoms with van der Waals surface area (Å²) in [5.41, 5.74) is 1.30. The number of amides is 1. The van der Waals surface area contributed by atoms with Gasteiger partial charge in [-0.2, -0.15) is 23.4 Å². The molecule has 6 rings (SSSR count). The van der Waals surface area contributed by atoms with Gasteiger partial charge in [-0.1, -0.05) is 30.3 Å². The van der Waals surface area contributed by atoms with Gasteiger partial charge in [-0.3, -0.25) is 4.79 Å². The Morgan fingerprint density at radius 3 is 2.63 bits per heavy atom. The van der Waals surface area contributed by atoms with Gasteiger partial charge in [0.25, 0.3) is 5.91 Å². The van der Waals surface area contributed by atoms with Crippen molar-refractivity contribution in [1.82, 2.24) is 30.0 Å². The van der Waals surface area contributed by atoms with E-state index in [2.05, 4.69) is 25.1 Å². The fourth-order valence-electron chi connectivity index (χ4n) is 4.83. The third-order valence-corrected chi connectivity index (χ3v) is 6.80. The lowest BCUT2D eigenvalue weighted by Crippen LogP contribution is -2.49. The van der Waals surface area contributed by atoms with Crippen molar-refractivity contribution in [1.29, 1.82) is 0 Å². The molecule has 192 valence electrons. The SMILES string of the molecule is O=C(c1cc(Cc2nncc3ccccc23)ccc1C(F)(F)F)N1CCN(c2ccc3[nH]cnc3n2)CC1. The Kier molecular flexibility index (Phi) is 5.90. The molecular weight excluding hydrogens is 495 g/mol. The van der Waals surface area contributed by atoms with Gasteiger partial charge in [0.2, 0.25) is 0 Å². The molecule has 5 aromatic rings. The summed E-state index contributed by atoms with van der Waals surface area (Å²) in [4.78, 5) is 28.6. The minimum absolute atomic E-state index is 0.252. The van der Waals surface area contributed by atoms with E-state index in [1.54, 1.807) is 12.5 Å². The quantitative estimate of drug-likeness (QED) is 0.378. The number of benzene rings is 2. The molecule has 1 amide bonds. The van der Waals surface area contributed by atoms with Crippen LogP contribution in [0.4, 0.5) is 19.0 Å². The van der Waals surface area contributed by atoms with E-state index in [1.807, 2.05) is 41.3 Å². The molecule has 1 aliphatic rings. The minimum atomic E-state index is -4.66. The second kappa shape index (κ2) is 9.40. The summed E-state index contributed by atoms with van der Waals surface area (Å²) in [5.74, 6) is 0.0735. The first-order valence-corrected chi connectivity index (χ1v) is 12.1. The number of rotatable bonds is 4. The summed E-state index contributed by atoms with van der Waals surface area (Å²) in [5, 5.41) is 9.98. The highest BCUT2D eigenvalue weighted by Crippen LogP contribution is 2.34. The largest absolute Gasteiger partial charge is 0.417 e. The number of carbonyl (C=O) groups excluding carboxylic acids is 1. The lowest BCUT2D eigenvalue weighted by Gasteiger charge is -2.35. The first kappa shape index (κ1) is 23.8. The summed E-state index contributed by atoms with van der Waals surface area (Å²) >= 11 is 0. The van der Waals surface area contributed by atoms with Gasteiger partial charge in [0.05, 0.1) is 34.9 Å². The van der Waals surface area contributed by atoms with E-state index >= 15 is 0 Å². The Morgan fingerprint density at radius 2 is 1.82 bits per heavy atom. The summed E-state index contributed by atoms with van der Waals surface area (Å²) in [6, 6.07) is 15.0. The van der Waals surface area contributed by atoms with Crippen LogP contribution in [0.25, 0.3) is 21.9 Å². The highest BCUT2D eigenvalue weighted by molar-refractivity contribution is 5.96. The first-order chi connectivity index (χ1) is 18.4. The average molecular weight is 518 g/mol. The van der Waals surface area contributed by atoms with Crippen LogP contribution in [0.15, 0.2) is 67.1 Å². The lowest BCUT2D eigenvalue weighted by atomic mass is 9.98. The number of halogens is 3. The molecule has 0 bridgehead atoms. The maximum absolute atomic E-state index is 13.9. The smallest absolute Gasteiger partial charge is 0.353 e. The van der Waals surface area contributed by atoms with Gasteiger partial charge in [0.15, 0.2) is 5.65 Å². The number of carbonyl (C=O) groups is 1. The van der Waals surface area contributed by atoms with E-state index in [0.29, 0.717) is 35.8 Å². The van der Waals surface area contributed by atoms with Crippen molar-refractivity contribution in [2.75, 3.05) is 31.1 Å². The monoisotopic (exact) mass is 517 g/mol. The molecule has 38 heavy (non-hydrogen) atoms. The van der Waals surface area contributed by atoms with Crippen molar-refractivity contribution in [2.24, 2.45) is 0 Å². The number of pyridine rings is 1. The third kappa shape index (κ3) is 4.51. The van der Waals surface area contributed by atoms with Gasteiger partial charge in [0, 0.05) is 43.4 Å². The fraction of sp³-hybridized carbons (Fsp3) is 0.222. The van der Waals surface area contributed by atoms with Crippen LogP contribution >= 0.6 is 0 Å². The number of aromatic amines is 1. The summed E-state index contributed by atoms with van der Waals surface area (Å²) < 4.78 is 41.7. The van der Waals surface area contributed by atoms with E-state index in [-0.39, 0.29) is 25.1 Å². The number of hydrogen-bond donors (Lipinski definition) is 1. The zero-order chi connectivity index (χ0) is 26.3. The van der Waals surface area contributed by atoms with E-state index < -0.39 is 17.6 Å². The molecule has 0 aliphatic carbocycles. The third-order valence-electron chi connectivity index (χ3n) is 6.80. The molecule has 1 N–H and O–H groups in total. The number of anilines is 1. The van der Waals surface area contributed by atoms with E-state index in [4.69, 9.17) is 0 Å². The number of fused-ring (bicyclic) bond motifs is 2. The van der Waals surface area contributed by atoms with Crippen molar-refractivity contribution < 1.29 is 18.0 Å². The molecule has 0 unspecified atom stereocenters. The van der Waals surface area contributed by atoms with Crippen LogP contribution in [0.3, 0.4) is 0 Å². The summed E-state index contributed by atoms with van der Waals surface area (Å²) in [6.07, 6.45) is -1.20. The molecule has 4 heterocycles. The molecule has 0 saturated carbocycles. The second-order valence-electron chi connectivity index (χ2n) is 9.16. The number of nitrogens with zero attached hydrogens (tertiary/aromatic N) is 6. The van der Waals surface area contributed by atoms with Crippen molar-refractivity contribution >= 4 is 33.7 Å². The number of H-pyrrole nitrogens is 1. The molecule has 2 aromatic carbocycles. The first-order valence-electron chi connectivity index (χ1n) is 12.1. The molecule has 0 radical (unpaired) electrons. The normalized spacial score (nSPS) is 14.4. The van der Waals surface area contributed by atoms with Crippen molar-refractivity contribution in [2.45, 2.75) is 12.6 Å². The Morgan fingerprint density at radius 1 is 1.00 bits per heavy atom. The molecule has 1 aliphatic heterocycles. The Hall–Kier alpha value is -4.54. The molecule has 0 atom stereocenters. The number of nitrogens with one attached hydrogen (secondary N) is 1. The fourth-order valence-corrected chi connectivity index (χ4v) is 4.83. The topological polar surface area (TPSA) is 90.9 Å². The number of alkyl halides is 3. The number of hydrogen-bond acceptors (Lipinski definition) is 6. The Bertz CT molecular complexity index is 1640. The second-order valence-corrected chi connectivity index (χ2v) is 9.16. The minimum Gasteiger partial charge on any atom is -0.353 e. The van der Waals surface area contributed by atoms with Gasteiger partial charge in [-0.05, 0) is 29.8 Å². The molecule has 8 nitrogen and oxygen atoms in total. The zero-order valence-corrected chi connectivity index (χ0v) is 20.1. The van der Waals surface area contributed by atoms with Crippen molar-refractivity contribution in [3.05, 3.63) is 89.5 Å². The van der Waals surface area contributed by atoms with E-state index in [1.165, 1.54) is 17.0 Å². The van der Waals surface area contributed by atoms with Gasteiger partial charge < -0.3 is 14.8 Å². The molecule has 1 fully saturated rings. The predicted octanol–water partition coefficient (Wildman–Crippen LogP) is 4.47. The van der Waals surface area contributed by atoms with Crippen molar-refractivity contribution in [3.63, 3.8) is 0 Å². The van der Waals surface area contributed by atoms with Crippen LogP contribution in [-0.4, -0.2) is 62.1 Å². The van der Waals surface area contributed by atoms with Crippen molar-refractivity contribution in [3.8, 4) is 0 Å². The van der Waals surface area contributed by atoms with Gasteiger partial charge in [0.1, 0.15) is 5.82 Å². The molecule has 11 heteroatoms. The predicted molar refractivity (Wildman–Crippen MR) is 136 cm³/mol. The van der Waals surface area contributed by atoms with Crippen LogP contribution in [0.2, 0.25) is 0 Å². The van der Waals surface area contributed by atoms with Crippen LogP contribution in [0, 0.1) is 0 Å². The number of imidazole rings is 1. The molecule has 3 aromatic heterocycles. The van der Waals surface area contributed by atoms with Crippen LogP contribution in [0.1, 0.15) is 27.2 Å². The number of aromatic nitrogens is 5. The molecule has 0 spiro atoms. The standard InChI is InChI=1S/C27H22F3N7O/c28-27(29,30)21-6-5-17(14-23-19-4-2-1-3-18(19)15-33-35-23)13-20(21)26(38)37-11-9-36(10-12-37)24-8-7-22-25(34-24)32-16-31-22/h1-8,13,15-16H,9-12,14H2,(H,31,32,34). The molecular formula is C27H22F3N7O. The van der Waals surface area contributed by atoms with Gasteiger partial charge >= 0.3 is 6.18 Å². The Labute approximate surface area is 215 Å². The van der Waals surface area contributed by atoms with E-state index in [0.717, 1.165) is 22.4 Å². The van der Waals surface area contributed by atoms with E-state index in [9.17, 15) is 18.0 Å². The molecule has 1 saturated heterocycles. The lowest BCUT2D eigenvalue weighted by molar-refractivity contribution is -0.138. The van der Waals surface area contributed by atoms with Crippen LogP contribution < -0.4 is 4.90 Å². The number of piperazine rings is 1.